The lowest BCUT2D eigenvalue weighted by molar-refractivity contribution is 0.569. The highest BCUT2D eigenvalue weighted by Crippen LogP contribution is 2.33. The molecule has 0 amide bonds. The monoisotopic (exact) mass is 331 g/mol. The van der Waals surface area contributed by atoms with Gasteiger partial charge in [-0.1, -0.05) is 77.9 Å². The molecule has 0 aliphatic heterocycles. The fraction of sp³-hybridized carbons (Fsp3) is 0.333. The van der Waals surface area contributed by atoms with Gasteiger partial charge >= 0.3 is 0 Å². The molecule has 0 aromatic heterocycles. The Kier molecular flexibility index (Phi) is 4.36. The average Bonchev–Trinajstić information content (AvgIpc) is 2.53. The Morgan fingerprint density at radius 1 is 0.560 bits per heavy atom. The summed E-state index contributed by atoms with van der Waals surface area (Å²) in [6, 6.07) is 21.9. The molecule has 3 aromatic carbocycles. The minimum absolute atomic E-state index is 0.126. The number of hydrogen-bond acceptors (Lipinski definition) is 1. The maximum absolute atomic E-state index is 3.62. The lowest BCUT2D eigenvalue weighted by Gasteiger charge is -2.26. The van der Waals surface area contributed by atoms with Gasteiger partial charge in [-0.25, -0.2) is 0 Å². The molecule has 0 atom stereocenters. The minimum atomic E-state index is 0.126. The fourth-order valence-electron chi connectivity index (χ4n) is 3.00. The van der Waals surface area contributed by atoms with Gasteiger partial charge in [0.05, 0.1) is 0 Å². The first-order valence-electron chi connectivity index (χ1n) is 9.05. The summed E-state index contributed by atoms with van der Waals surface area (Å²) in [5, 5.41) is 6.15. The molecule has 3 rings (SSSR count). The summed E-state index contributed by atoms with van der Waals surface area (Å²) in [5.41, 5.74) is 5.27. The van der Waals surface area contributed by atoms with Crippen LogP contribution in [0.3, 0.4) is 0 Å². The van der Waals surface area contributed by atoms with E-state index in [0.29, 0.717) is 0 Å². The second-order valence-electron chi connectivity index (χ2n) is 8.99. The van der Waals surface area contributed by atoms with Gasteiger partial charge in [0, 0.05) is 11.4 Å². The van der Waals surface area contributed by atoms with E-state index in [9.17, 15) is 0 Å². The smallest absolute Gasteiger partial charge is 0.0390 e. The Morgan fingerprint density at radius 3 is 1.68 bits per heavy atom. The molecule has 0 aliphatic carbocycles. The number of fused-ring (bicyclic) bond motifs is 1. The Balaban J connectivity index is 2.03. The summed E-state index contributed by atoms with van der Waals surface area (Å²) in [6.07, 6.45) is 0. The second kappa shape index (κ2) is 6.22. The second-order valence-corrected chi connectivity index (χ2v) is 8.99. The summed E-state index contributed by atoms with van der Waals surface area (Å²) in [7, 11) is 0. The molecule has 0 spiro atoms. The van der Waals surface area contributed by atoms with E-state index in [1.54, 1.807) is 0 Å². The van der Waals surface area contributed by atoms with Crippen molar-refractivity contribution in [1.82, 2.24) is 0 Å². The summed E-state index contributed by atoms with van der Waals surface area (Å²) < 4.78 is 0. The highest BCUT2D eigenvalue weighted by molar-refractivity contribution is 5.86. The van der Waals surface area contributed by atoms with Gasteiger partial charge in [-0.2, -0.15) is 0 Å². The quantitative estimate of drug-likeness (QED) is 0.524. The summed E-state index contributed by atoms with van der Waals surface area (Å²) >= 11 is 0. The van der Waals surface area contributed by atoms with Crippen LogP contribution in [-0.2, 0) is 10.8 Å². The maximum atomic E-state index is 3.62. The van der Waals surface area contributed by atoms with Crippen molar-refractivity contribution in [1.29, 1.82) is 0 Å². The standard InChI is InChI=1S/C24H29N/c1-23(2,3)19-14-20(24(4,5)6)16-22(15-19)25-21-12-11-17-9-7-8-10-18(17)13-21/h7-16,25H,1-6H3. The number of benzene rings is 3. The van der Waals surface area contributed by atoms with E-state index < -0.39 is 0 Å². The maximum Gasteiger partial charge on any atom is 0.0390 e. The normalized spacial score (nSPS) is 12.4. The van der Waals surface area contributed by atoms with Gasteiger partial charge < -0.3 is 5.32 Å². The third kappa shape index (κ3) is 4.04. The van der Waals surface area contributed by atoms with Crippen molar-refractivity contribution < 1.29 is 0 Å². The lowest BCUT2D eigenvalue weighted by atomic mass is 9.80. The van der Waals surface area contributed by atoms with Crippen LogP contribution in [0.4, 0.5) is 11.4 Å². The molecule has 0 bridgehead atoms. The van der Waals surface area contributed by atoms with Crippen molar-refractivity contribution in [2.24, 2.45) is 0 Å². The van der Waals surface area contributed by atoms with Crippen LogP contribution >= 0.6 is 0 Å². The van der Waals surface area contributed by atoms with E-state index in [1.165, 1.54) is 21.9 Å². The molecule has 1 nitrogen and oxygen atoms in total. The van der Waals surface area contributed by atoms with Crippen LogP contribution in [0, 0.1) is 0 Å². The van der Waals surface area contributed by atoms with Crippen LogP contribution in [0.5, 0.6) is 0 Å². The van der Waals surface area contributed by atoms with E-state index in [2.05, 4.69) is 108 Å². The van der Waals surface area contributed by atoms with Gasteiger partial charge in [0.15, 0.2) is 0 Å². The Hall–Kier alpha value is -2.28. The van der Waals surface area contributed by atoms with Crippen molar-refractivity contribution in [2.75, 3.05) is 5.32 Å². The zero-order valence-electron chi connectivity index (χ0n) is 16.3. The zero-order chi connectivity index (χ0) is 18.2. The van der Waals surface area contributed by atoms with Gasteiger partial charge in [0.2, 0.25) is 0 Å². The van der Waals surface area contributed by atoms with Crippen molar-refractivity contribution in [3.05, 3.63) is 71.8 Å². The molecular formula is C24H29N. The van der Waals surface area contributed by atoms with Crippen LogP contribution in [-0.4, -0.2) is 0 Å². The molecular weight excluding hydrogens is 302 g/mol. The van der Waals surface area contributed by atoms with Crippen LogP contribution < -0.4 is 5.32 Å². The van der Waals surface area contributed by atoms with Crippen molar-refractivity contribution >= 4 is 22.1 Å². The van der Waals surface area contributed by atoms with Gasteiger partial charge in [-0.3, -0.25) is 0 Å². The third-order valence-corrected chi connectivity index (χ3v) is 4.70. The summed E-state index contributed by atoms with van der Waals surface area (Å²) in [5.74, 6) is 0. The molecule has 0 radical (unpaired) electrons. The Morgan fingerprint density at radius 2 is 1.12 bits per heavy atom. The molecule has 0 fully saturated rings. The topological polar surface area (TPSA) is 12.0 Å². The van der Waals surface area contributed by atoms with E-state index in [0.717, 1.165) is 11.4 Å². The first kappa shape index (κ1) is 17.5. The lowest BCUT2D eigenvalue weighted by Crippen LogP contribution is -2.16. The van der Waals surface area contributed by atoms with E-state index >= 15 is 0 Å². The summed E-state index contributed by atoms with van der Waals surface area (Å²) in [4.78, 5) is 0. The Bertz CT molecular complexity index is 860. The first-order valence-corrected chi connectivity index (χ1v) is 9.05. The fourth-order valence-corrected chi connectivity index (χ4v) is 3.00. The average molecular weight is 332 g/mol. The molecule has 1 heteroatoms. The van der Waals surface area contributed by atoms with Gasteiger partial charge in [0.1, 0.15) is 0 Å². The molecule has 130 valence electrons. The molecule has 0 heterocycles. The molecule has 0 unspecified atom stereocenters. The number of hydrogen-bond donors (Lipinski definition) is 1. The number of nitrogens with one attached hydrogen (secondary N) is 1. The molecule has 0 saturated heterocycles. The molecule has 1 N–H and O–H groups in total. The molecule has 0 saturated carbocycles. The van der Waals surface area contributed by atoms with Crippen molar-refractivity contribution in [3.8, 4) is 0 Å². The largest absolute Gasteiger partial charge is 0.355 e. The number of anilines is 2. The van der Waals surface area contributed by atoms with Gasteiger partial charge in [-0.15, -0.1) is 0 Å². The van der Waals surface area contributed by atoms with Crippen LogP contribution in [0.25, 0.3) is 10.8 Å². The van der Waals surface area contributed by atoms with Gasteiger partial charge in [0.25, 0.3) is 0 Å². The molecule has 25 heavy (non-hydrogen) atoms. The first-order chi connectivity index (χ1) is 11.6. The number of rotatable bonds is 2. The zero-order valence-corrected chi connectivity index (χ0v) is 16.3. The van der Waals surface area contributed by atoms with Crippen LogP contribution in [0.1, 0.15) is 52.7 Å². The van der Waals surface area contributed by atoms with Crippen molar-refractivity contribution in [2.45, 2.75) is 52.4 Å². The van der Waals surface area contributed by atoms with Crippen molar-refractivity contribution in [3.63, 3.8) is 0 Å². The highest BCUT2D eigenvalue weighted by atomic mass is 14.9. The predicted octanol–water partition coefficient (Wildman–Crippen LogP) is 7.18. The highest BCUT2D eigenvalue weighted by Gasteiger charge is 2.20. The van der Waals surface area contributed by atoms with E-state index in [4.69, 9.17) is 0 Å². The predicted molar refractivity (Wildman–Crippen MR) is 111 cm³/mol. The van der Waals surface area contributed by atoms with Crippen LogP contribution in [0.2, 0.25) is 0 Å². The third-order valence-electron chi connectivity index (χ3n) is 4.70. The van der Waals surface area contributed by atoms with Crippen LogP contribution in [0.15, 0.2) is 60.7 Å². The Labute approximate surface area is 152 Å². The SMILES string of the molecule is CC(C)(C)c1cc(Nc2ccc3ccccc3c2)cc(C(C)(C)C)c1. The molecule has 3 aromatic rings. The van der Waals surface area contributed by atoms with E-state index in [1.807, 2.05) is 0 Å². The summed E-state index contributed by atoms with van der Waals surface area (Å²) in [6.45, 7) is 13.6. The van der Waals surface area contributed by atoms with E-state index in [-0.39, 0.29) is 10.8 Å². The van der Waals surface area contributed by atoms with Gasteiger partial charge in [-0.05, 0) is 57.0 Å². The molecule has 0 aliphatic rings. The minimum Gasteiger partial charge on any atom is -0.355 e.